The van der Waals surface area contributed by atoms with Crippen molar-refractivity contribution in [1.82, 2.24) is 5.32 Å². The zero-order valence-electron chi connectivity index (χ0n) is 10.5. The molecule has 17 heavy (non-hydrogen) atoms. The summed E-state index contributed by atoms with van der Waals surface area (Å²) in [5.41, 5.74) is 0.493. The highest BCUT2D eigenvalue weighted by Crippen LogP contribution is 2.33. The smallest absolute Gasteiger partial charge is 0.0931 e. The minimum atomic E-state index is 0.493. The third kappa shape index (κ3) is 4.47. The number of nitrogens with one attached hydrogen (secondary N) is 1. The molecule has 1 fully saturated rings. The van der Waals surface area contributed by atoms with E-state index < -0.39 is 0 Å². The minimum absolute atomic E-state index is 0.493. The highest BCUT2D eigenvalue weighted by molar-refractivity contribution is 7.99. The Balaban J connectivity index is 1.71. The molecule has 0 aromatic carbocycles. The van der Waals surface area contributed by atoms with E-state index in [1.54, 1.807) is 11.3 Å². The quantitative estimate of drug-likeness (QED) is 0.897. The Hall–Kier alpha value is 0.300. The SMILES string of the molecule is CC1(C)CSCC(NCCc2ccc(Cl)s2)C1. The van der Waals surface area contributed by atoms with E-state index in [4.69, 9.17) is 11.6 Å². The highest BCUT2D eigenvalue weighted by atomic mass is 35.5. The van der Waals surface area contributed by atoms with Crippen LogP contribution in [0.3, 0.4) is 0 Å². The Morgan fingerprint density at radius 2 is 2.29 bits per heavy atom. The summed E-state index contributed by atoms with van der Waals surface area (Å²) in [7, 11) is 0. The maximum absolute atomic E-state index is 5.92. The lowest BCUT2D eigenvalue weighted by atomic mass is 9.88. The zero-order valence-corrected chi connectivity index (χ0v) is 12.9. The van der Waals surface area contributed by atoms with E-state index >= 15 is 0 Å². The van der Waals surface area contributed by atoms with E-state index in [1.807, 2.05) is 6.07 Å². The van der Waals surface area contributed by atoms with Crippen LogP contribution in [0, 0.1) is 5.41 Å². The number of rotatable bonds is 4. The highest BCUT2D eigenvalue weighted by Gasteiger charge is 2.27. The van der Waals surface area contributed by atoms with Gasteiger partial charge in [-0.1, -0.05) is 25.4 Å². The third-order valence-electron chi connectivity index (χ3n) is 3.04. The molecule has 1 aliphatic rings. The molecule has 2 rings (SSSR count). The van der Waals surface area contributed by atoms with E-state index in [-0.39, 0.29) is 0 Å². The number of halogens is 1. The van der Waals surface area contributed by atoms with Gasteiger partial charge in [-0.05, 0) is 36.1 Å². The Labute approximate surface area is 117 Å². The summed E-state index contributed by atoms with van der Waals surface area (Å²) >= 11 is 9.69. The van der Waals surface area contributed by atoms with Crippen LogP contribution in [0.4, 0.5) is 0 Å². The van der Waals surface area contributed by atoms with E-state index in [2.05, 4.69) is 37.0 Å². The standard InChI is InChI=1S/C13H20ClNS2/c1-13(2)7-10(8-16-9-13)15-6-5-11-3-4-12(14)17-11/h3-4,10,15H,5-9H2,1-2H3. The molecule has 0 radical (unpaired) electrons. The van der Waals surface area contributed by atoms with Gasteiger partial charge in [0, 0.05) is 23.2 Å². The molecule has 0 spiro atoms. The predicted octanol–water partition coefficient (Wildman–Crippen LogP) is 4.07. The summed E-state index contributed by atoms with van der Waals surface area (Å²) in [6.07, 6.45) is 2.39. The van der Waals surface area contributed by atoms with Crippen LogP contribution in [0.2, 0.25) is 4.34 Å². The Morgan fingerprint density at radius 1 is 1.47 bits per heavy atom. The van der Waals surface area contributed by atoms with Crippen LogP contribution < -0.4 is 5.32 Å². The molecule has 1 unspecified atom stereocenters. The van der Waals surface area contributed by atoms with Crippen molar-refractivity contribution in [3.8, 4) is 0 Å². The van der Waals surface area contributed by atoms with Crippen molar-refractivity contribution < 1.29 is 0 Å². The van der Waals surface area contributed by atoms with Gasteiger partial charge in [0.15, 0.2) is 0 Å². The van der Waals surface area contributed by atoms with E-state index in [9.17, 15) is 0 Å². The van der Waals surface area contributed by atoms with Crippen LogP contribution in [0.5, 0.6) is 0 Å². The molecule has 1 N–H and O–H groups in total. The molecular formula is C13H20ClNS2. The topological polar surface area (TPSA) is 12.0 Å². The first-order valence-electron chi connectivity index (χ1n) is 6.10. The van der Waals surface area contributed by atoms with Crippen LogP contribution in [0.25, 0.3) is 0 Å². The summed E-state index contributed by atoms with van der Waals surface area (Å²) in [4.78, 5) is 1.38. The van der Waals surface area contributed by atoms with Crippen molar-refractivity contribution in [2.45, 2.75) is 32.7 Å². The molecule has 96 valence electrons. The fourth-order valence-electron chi connectivity index (χ4n) is 2.28. The predicted molar refractivity (Wildman–Crippen MR) is 80.5 cm³/mol. The summed E-state index contributed by atoms with van der Waals surface area (Å²) in [5, 5.41) is 3.68. The summed E-state index contributed by atoms with van der Waals surface area (Å²) < 4.78 is 0.898. The van der Waals surface area contributed by atoms with E-state index in [1.165, 1.54) is 22.8 Å². The first-order valence-corrected chi connectivity index (χ1v) is 8.45. The minimum Gasteiger partial charge on any atom is -0.313 e. The average molecular weight is 290 g/mol. The second kappa shape index (κ2) is 5.96. The molecule has 1 nitrogen and oxygen atoms in total. The Kier molecular flexibility index (Phi) is 4.81. The second-order valence-electron chi connectivity index (χ2n) is 5.49. The van der Waals surface area contributed by atoms with Crippen LogP contribution in [-0.4, -0.2) is 24.1 Å². The largest absolute Gasteiger partial charge is 0.313 e. The van der Waals surface area contributed by atoms with Gasteiger partial charge in [0.2, 0.25) is 0 Å². The first-order chi connectivity index (χ1) is 8.05. The number of hydrogen-bond acceptors (Lipinski definition) is 3. The lowest BCUT2D eigenvalue weighted by Crippen LogP contribution is -2.41. The maximum atomic E-state index is 5.92. The fourth-order valence-corrected chi connectivity index (χ4v) is 4.67. The van der Waals surface area contributed by atoms with Gasteiger partial charge in [0.1, 0.15) is 0 Å². The van der Waals surface area contributed by atoms with Crippen molar-refractivity contribution in [3.05, 3.63) is 21.3 Å². The zero-order chi connectivity index (χ0) is 12.3. The first kappa shape index (κ1) is 13.7. The Morgan fingerprint density at radius 3 is 2.94 bits per heavy atom. The van der Waals surface area contributed by atoms with Crippen LogP contribution >= 0.6 is 34.7 Å². The van der Waals surface area contributed by atoms with Crippen LogP contribution in [-0.2, 0) is 6.42 Å². The lowest BCUT2D eigenvalue weighted by molar-refractivity contribution is 0.319. The molecular weight excluding hydrogens is 270 g/mol. The number of thiophene rings is 1. The van der Waals surface area contributed by atoms with Gasteiger partial charge in [0.05, 0.1) is 4.34 Å². The second-order valence-corrected chi connectivity index (χ2v) is 8.32. The van der Waals surface area contributed by atoms with Crippen LogP contribution in [0.1, 0.15) is 25.1 Å². The molecule has 1 aliphatic heterocycles. The van der Waals surface area contributed by atoms with Gasteiger partial charge in [-0.15, -0.1) is 11.3 Å². The van der Waals surface area contributed by atoms with E-state index in [0.29, 0.717) is 11.5 Å². The van der Waals surface area contributed by atoms with Gasteiger partial charge < -0.3 is 5.32 Å². The average Bonchev–Trinajstić information content (AvgIpc) is 2.63. The van der Waals surface area contributed by atoms with Gasteiger partial charge in [-0.2, -0.15) is 11.8 Å². The number of thioether (sulfide) groups is 1. The van der Waals surface area contributed by atoms with Crippen LogP contribution in [0.15, 0.2) is 12.1 Å². The van der Waals surface area contributed by atoms with Crippen molar-refractivity contribution in [3.63, 3.8) is 0 Å². The van der Waals surface area contributed by atoms with Gasteiger partial charge >= 0.3 is 0 Å². The summed E-state index contributed by atoms with van der Waals surface area (Å²) in [6, 6.07) is 4.80. The number of hydrogen-bond donors (Lipinski definition) is 1. The molecule has 2 heterocycles. The molecule has 0 bridgehead atoms. The third-order valence-corrected chi connectivity index (χ3v) is 5.96. The molecule has 0 saturated carbocycles. The molecule has 1 saturated heterocycles. The molecule has 0 amide bonds. The van der Waals surface area contributed by atoms with Crippen molar-refractivity contribution in [2.75, 3.05) is 18.1 Å². The molecule has 0 aliphatic carbocycles. The fraction of sp³-hybridized carbons (Fsp3) is 0.692. The van der Waals surface area contributed by atoms with E-state index in [0.717, 1.165) is 17.3 Å². The van der Waals surface area contributed by atoms with Crippen molar-refractivity contribution in [1.29, 1.82) is 0 Å². The van der Waals surface area contributed by atoms with Gasteiger partial charge in [-0.25, -0.2) is 0 Å². The summed E-state index contributed by atoms with van der Waals surface area (Å²) in [6.45, 7) is 5.80. The monoisotopic (exact) mass is 289 g/mol. The molecule has 1 aromatic rings. The lowest BCUT2D eigenvalue weighted by Gasteiger charge is -2.35. The normalized spacial score (nSPS) is 23.8. The van der Waals surface area contributed by atoms with Gasteiger partial charge in [-0.3, -0.25) is 0 Å². The maximum Gasteiger partial charge on any atom is 0.0931 e. The van der Waals surface area contributed by atoms with Crippen molar-refractivity contribution >= 4 is 34.7 Å². The molecule has 4 heteroatoms. The molecule has 1 aromatic heterocycles. The summed E-state index contributed by atoms with van der Waals surface area (Å²) in [5.74, 6) is 2.56. The Bertz CT molecular complexity index is 362. The van der Waals surface area contributed by atoms with Gasteiger partial charge in [0.25, 0.3) is 0 Å². The molecule has 1 atom stereocenters. The van der Waals surface area contributed by atoms with Crippen molar-refractivity contribution in [2.24, 2.45) is 5.41 Å².